The van der Waals surface area contributed by atoms with E-state index in [1.165, 1.54) is 12.3 Å². The fourth-order valence-corrected chi connectivity index (χ4v) is 2.75. The minimum atomic E-state index is -1.18. The molecule has 11 heteroatoms. The summed E-state index contributed by atoms with van der Waals surface area (Å²) in [6.07, 6.45) is 1.97. The Bertz CT molecular complexity index is 964. The zero-order valence-electron chi connectivity index (χ0n) is 16.5. The molecule has 0 radical (unpaired) electrons. The molecule has 3 N–H and O–H groups in total. The highest BCUT2D eigenvalue weighted by molar-refractivity contribution is 6.34. The fourth-order valence-electron chi connectivity index (χ4n) is 2.56. The van der Waals surface area contributed by atoms with Crippen LogP contribution in [0, 0.1) is 17.6 Å². The Kier molecular flexibility index (Phi) is 7.11. The first-order valence-corrected chi connectivity index (χ1v) is 9.81. The van der Waals surface area contributed by atoms with E-state index in [1.54, 1.807) is 6.92 Å². The van der Waals surface area contributed by atoms with Gasteiger partial charge in [0.2, 0.25) is 5.88 Å². The zero-order chi connectivity index (χ0) is 22.5. The minimum absolute atomic E-state index is 0.00898. The summed E-state index contributed by atoms with van der Waals surface area (Å²) in [7, 11) is 0. The van der Waals surface area contributed by atoms with Crippen molar-refractivity contribution in [2.24, 2.45) is 5.92 Å². The Morgan fingerprint density at radius 1 is 1.26 bits per heavy atom. The number of halogens is 3. The maximum atomic E-state index is 14.2. The van der Waals surface area contributed by atoms with Crippen LogP contribution in [0.2, 0.25) is 5.02 Å². The van der Waals surface area contributed by atoms with Crippen molar-refractivity contribution in [1.29, 1.82) is 0 Å². The lowest BCUT2D eigenvalue weighted by Crippen LogP contribution is -2.35. The van der Waals surface area contributed by atoms with Gasteiger partial charge in [0.05, 0.1) is 29.6 Å². The summed E-state index contributed by atoms with van der Waals surface area (Å²) < 4.78 is 38.9. The first-order valence-electron chi connectivity index (χ1n) is 9.44. The van der Waals surface area contributed by atoms with E-state index < -0.39 is 35.4 Å². The van der Waals surface area contributed by atoms with Crippen LogP contribution in [0.1, 0.15) is 30.1 Å². The Hall–Kier alpha value is -3.14. The van der Waals surface area contributed by atoms with Crippen LogP contribution in [0.4, 0.5) is 19.3 Å². The van der Waals surface area contributed by atoms with Crippen LogP contribution in [0.5, 0.6) is 11.6 Å². The van der Waals surface area contributed by atoms with Gasteiger partial charge in [0.15, 0.2) is 17.4 Å². The molecule has 1 aromatic heterocycles. The van der Waals surface area contributed by atoms with Gasteiger partial charge in [-0.25, -0.2) is 18.6 Å². The average molecular weight is 456 g/mol. The van der Waals surface area contributed by atoms with Crippen LogP contribution in [-0.4, -0.2) is 41.3 Å². The van der Waals surface area contributed by atoms with Gasteiger partial charge in [0.1, 0.15) is 6.61 Å². The van der Waals surface area contributed by atoms with Crippen molar-refractivity contribution in [3.63, 3.8) is 0 Å². The Labute approximate surface area is 181 Å². The SMILES string of the molecule is C[C@@H](COc1cc(Cl)c(NC(=O)c2cc(F)c(OCC3CC3)c(F)c2)cn1)NC(=O)O. The summed E-state index contributed by atoms with van der Waals surface area (Å²) in [6.45, 7) is 1.85. The molecule has 1 atom stereocenters. The van der Waals surface area contributed by atoms with Crippen molar-refractivity contribution in [2.75, 3.05) is 18.5 Å². The number of benzene rings is 1. The van der Waals surface area contributed by atoms with E-state index in [9.17, 15) is 18.4 Å². The van der Waals surface area contributed by atoms with Crippen LogP contribution in [0.15, 0.2) is 24.4 Å². The first-order chi connectivity index (χ1) is 14.7. The molecule has 1 aliphatic carbocycles. The monoisotopic (exact) mass is 455 g/mol. The fraction of sp³-hybridized carbons (Fsp3) is 0.350. The summed E-state index contributed by atoms with van der Waals surface area (Å²) >= 11 is 6.11. The molecule has 8 nitrogen and oxygen atoms in total. The average Bonchev–Trinajstić information content (AvgIpc) is 3.51. The zero-order valence-corrected chi connectivity index (χ0v) is 17.2. The second-order valence-corrected chi connectivity index (χ2v) is 7.55. The third-order valence-electron chi connectivity index (χ3n) is 4.35. The number of carbonyl (C=O) groups excluding carboxylic acids is 1. The molecule has 0 spiro atoms. The van der Waals surface area contributed by atoms with Gasteiger partial charge in [-0.15, -0.1) is 0 Å². The van der Waals surface area contributed by atoms with Gasteiger partial charge in [0, 0.05) is 11.6 Å². The summed E-state index contributed by atoms with van der Waals surface area (Å²) in [5, 5.41) is 13.4. The number of hydrogen-bond acceptors (Lipinski definition) is 5. The molecule has 2 amide bonds. The third-order valence-corrected chi connectivity index (χ3v) is 4.66. The number of ether oxygens (including phenoxy) is 2. The molecule has 1 saturated carbocycles. The highest BCUT2D eigenvalue weighted by Crippen LogP contribution is 2.32. The maximum absolute atomic E-state index is 14.2. The van der Waals surface area contributed by atoms with Crippen LogP contribution in [0.25, 0.3) is 0 Å². The molecular weight excluding hydrogens is 436 g/mol. The molecule has 1 aliphatic rings. The van der Waals surface area contributed by atoms with Crippen molar-refractivity contribution < 1.29 is 33.0 Å². The van der Waals surface area contributed by atoms with Crippen LogP contribution in [0.3, 0.4) is 0 Å². The third kappa shape index (κ3) is 6.42. The van der Waals surface area contributed by atoms with Crippen LogP contribution < -0.4 is 20.1 Å². The maximum Gasteiger partial charge on any atom is 0.404 e. The molecule has 1 heterocycles. The molecular formula is C20H20ClF2N3O5. The molecule has 0 unspecified atom stereocenters. The topological polar surface area (TPSA) is 110 Å². The van der Waals surface area contributed by atoms with E-state index in [0.29, 0.717) is 5.92 Å². The molecule has 0 saturated heterocycles. The molecule has 3 rings (SSSR count). The number of pyridine rings is 1. The first kappa shape index (κ1) is 22.5. The second-order valence-electron chi connectivity index (χ2n) is 7.14. The molecule has 0 bridgehead atoms. The summed E-state index contributed by atoms with van der Waals surface area (Å²) in [5.41, 5.74) is -0.149. The molecule has 166 valence electrons. The Morgan fingerprint density at radius 3 is 2.52 bits per heavy atom. The predicted octanol–water partition coefficient (Wildman–Crippen LogP) is 4.09. The van der Waals surface area contributed by atoms with Crippen molar-refractivity contribution in [1.82, 2.24) is 10.3 Å². The lowest BCUT2D eigenvalue weighted by atomic mass is 10.2. The van der Waals surface area contributed by atoms with Gasteiger partial charge >= 0.3 is 6.09 Å². The lowest BCUT2D eigenvalue weighted by molar-refractivity contribution is 0.102. The van der Waals surface area contributed by atoms with E-state index >= 15 is 0 Å². The van der Waals surface area contributed by atoms with Crippen molar-refractivity contribution in [3.05, 3.63) is 46.6 Å². The van der Waals surface area contributed by atoms with E-state index in [1.807, 2.05) is 0 Å². The number of rotatable bonds is 9. The summed E-state index contributed by atoms with van der Waals surface area (Å²) in [5.74, 6) is -2.80. The van der Waals surface area contributed by atoms with E-state index in [-0.39, 0.29) is 35.4 Å². The summed E-state index contributed by atoms with van der Waals surface area (Å²) in [4.78, 5) is 26.9. The Morgan fingerprint density at radius 2 is 1.94 bits per heavy atom. The molecule has 2 aromatic rings. The second kappa shape index (κ2) is 9.78. The quantitative estimate of drug-likeness (QED) is 0.525. The van der Waals surface area contributed by atoms with Gasteiger partial charge in [-0.3, -0.25) is 4.79 Å². The van der Waals surface area contributed by atoms with Crippen molar-refractivity contribution >= 4 is 29.3 Å². The molecule has 0 aliphatic heterocycles. The van der Waals surface area contributed by atoms with Gasteiger partial charge in [-0.1, -0.05) is 11.6 Å². The molecule has 1 fully saturated rings. The van der Waals surface area contributed by atoms with E-state index in [0.717, 1.165) is 25.0 Å². The highest BCUT2D eigenvalue weighted by Gasteiger charge is 2.24. The number of hydrogen-bond donors (Lipinski definition) is 3. The van der Waals surface area contributed by atoms with E-state index in [2.05, 4.69) is 15.6 Å². The Balaban J connectivity index is 1.62. The normalized spacial score (nSPS) is 13.9. The van der Waals surface area contributed by atoms with Gasteiger partial charge < -0.3 is 25.2 Å². The van der Waals surface area contributed by atoms with Crippen LogP contribution in [-0.2, 0) is 0 Å². The number of amides is 2. The van der Waals surface area contributed by atoms with Crippen molar-refractivity contribution in [3.8, 4) is 11.6 Å². The molecule has 31 heavy (non-hydrogen) atoms. The van der Waals surface area contributed by atoms with Gasteiger partial charge in [-0.05, 0) is 37.8 Å². The number of aromatic nitrogens is 1. The number of carbonyl (C=O) groups is 2. The highest BCUT2D eigenvalue weighted by atomic mass is 35.5. The molecule has 1 aromatic carbocycles. The van der Waals surface area contributed by atoms with Gasteiger partial charge in [-0.2, -0.15) is 0 Å². The lowest BCUT2D eigenvalue weighted by Gasteiger charge is -2.13. The number of anilines is 1. The van der Waals surface area contributed by atoms with Crippen molar-refractivity contribution in [2.45, 2.75) is 25.8 Å². The minimum Gasteiger partial charge on any atom is -0.487 e. The smallest absolute Gasteiger partial charge is 0.404 e. The number of nitrogens with one attached hydrogen (secondary N) is 2. The predicted molar refractivity (Wildman–Crippen MR) is 108 cm³/mol. The largest absolute Gasteiger partial charge is 0.487 e. The van der Waals surface area contributed by atoms with E-state index in [4.69, 9.17) is 26.2 Å². The van der Waals surface area contributed by atoms with Gasteiger partial charge in [0.25, 0.3) is 5.91 Å². The van der Waals surface area contributed by atoms with Crippen LogP contribution >= 0.6 is 11.6 Å². The number of nitrogens with zero attached hydrogens (tertiary/aromatic N) is 1. The number of carboxylic acid groups (broad SMARTS) is 1. The summed E-state index contributed by atoms with van der Waals surface area (Å²) in [6, 6.07) is 2.60. The standard InChI is InChI=1S/C20H20ClF2N3O5/c1-10(25-20(28)29)8-30-17-6-13(21)16(7-24-17)26-19(27)12-4-14(22)18(15(23)5-12)31-9-11-2-3-11/h4-7,10-11,25H,2-3,8-9H2,1H3,(H,26,27)(H,28,29)/t10-/m0/s1.